The fourth-order valence-electron chi connectivity index (χ4n) is 1.59. The Kier molecular flexibility index (Phi) is 10.3. The molecule has 5 nitrogen and oxygen atoms in total. The van der Waals surface area contributed by atoms with Crippen LogP contribution in [0.4, 0.5) is 0 Å². The van der Waals surface area contributed by atoms with Crippen molar-refractivity contribution in [3.8, 4) is 0 Å². The van der Waals surface area contributed by atoms with Gasteiger partial charge in [-0.2, -0.15) is 0 Å². The summed E-state index contributed by atoms with van der Waals surface area (Å²) in [6.07, 6.45) is 2.46. The van der Waals surface area contributed by atoms with Crippen molar-refractivity contribution in [3.63, 3.8) is 0 Å². The van der Waals surface area contributed by atoms with Crippen LogP contribution in [0.5, 0.6) is 0 Å². The summed E-state index contributed by atoms with van der Waals surface area (Å²) in [7, 11) is 0. The number of rotatable bonds is 9. The molecular formula is C13H26N2O3. The molecule has 0 saturated heterocycles. The smallest absolute Gasteiger partial charge is 0.311 e. The average molecular weight is 258 g/mol. The van der Waals surface area contributed by atoms with Crippen molar-refractivity contribution in [1.82, 2.24) is 10.2 Å². The summed E-state index contributed by atoms with van der Waals surface area (Å²) < 4.78 is 5.15. The highest BCUT2D eigenvalue weighted by Crippen LogP contribution is 1.95. The van der Waals surface area contributed by atoms with Crippen LogP contribution in [-0.4, -0.2) is 49.6 Å². The van der Waals surface area contributed by atoms with Gasteiger partial charge in [0.15, 0.2) is 0 Å². The maximum atomic E-state index is 11.8. The van der Waals surface area contributed by atoms with Crippen molar-refractivity contribution in [2.45, 2.75) is 40.0 Å². The van der Waals surface area contributed by atoms with E-state index in [4.69, 9.17) is 4.74 Å². The van der Waals surface area contributed by atoms with Crippen molar-refractivity contribution < 1.29 is 14.3 Å². The Hall–Kier alpha value is -1.10. The molecule has 0 aliphatic rings. The first-order valence-electron chi connectivity index (χ1n) is 6.82. The van der Waals surface area contributed by atoms with Gasteiger partial charge in [-0.05, 0) is 26.2 Å². The molecule has 0 rings (SSSR count). The molecule has 0 spiro atoms. The van der Waals surface area contributed by atoms with Crippen LogP contribution in [0, 0.1) is 0 Å². The highest BCUT2D eigenvalue weighted by molar-refractivity contribution is 6.34. The summed E-state index contributed by atoms with van der Waals surface area (Å²) >= 11 is 0. The second-order valence-electron chi connectivity index (χ2n) is 4.10. The molecule has 106 valence electrons. The van der Waals surface area contributed by atoms with Gasteiger partial charge in [0.1, 0.15) is 0 Å². The van der Waals surface area contributed by atoms with E-state index in [1.54, 1.807) is 4.90 Å². The van der Waals surface area contributed by atoms with Crippen LogP contribution in [-0.2, 0) is 14.3 Å². The SMILES string of the molecule is CCCN(CCC)C(=O)C(=O)NCCCOCC. The fourth-order valence-corrected chi connectivity index (χ4v) is 1.59. The lowest BCUT2D eigenvalue weighted by Gasteiger charge is -2.20. The third kappa shape index (κ3) is 7.27. The zero-order valence-electron chi connectivity index (χ0n) is 11.8. The largest absolute Gasteiger partial charge is 0.382 e. The van der Waals surface area contributed by atoms with E-state index in [0.717, 1.165) is 19.3 Å². The molecule has 0 aliphatic carbocycles. The first-order valence-corrected chi connectivity index (χ1v) is 6.82. The Balaban J connectivity index is 3.94. The zero-order valence-corrected chi connectivity index (χ0v) is 11.8. The molecule has 0 atom stereocenters. The van der Waals surface area contributed by atoms with Gasteiger partial charge < -0.3 is 15.0 Å². The quantitative estimate of drug-likeness (QED) is 0.499. The van der Waals surface area contributed by atoms with Crippen LogP contribution in [0.2, 0.25) is 0 Å². The van der Waals surface area contributed by atoms with Crippen LogP contribution in [0.3, 0.4) is 0 Å². The van der Waals surface area contributed by atoms with Gasteiger partial charge in [-0.3, -0.25) is 9.59 Å². The van der Waals surface area contributed by atoms with Gasteiger partial charge in [-0.1, -0.05) is 13.8 Å². The normalized spacial score (nSPS) is 10.2. The highest BCUT2D eigenvalue weighted by atomic mass is 16.5. The maximum Gasteiger partial charge on any atom is 0.311 e. The van der Waals surface area contributed by atoms with E-state index in [1.165, 1.54) is 0 Å². The number of carbonyl (C=O) groups is 2. The Bertz CT molecular complexity index is 238. The van der Waals surface area contributed by atoms with Gasteiger partial charge in [-0.15, -0.1) is 0 Å². The maximum absolute atomic E-state index is 11.8. The van der Waals surface area contributed by atoms with Crippen LogP contribution < -0.4 is 5.32 Å². The molecule has 0 saturated carbocycles. The summed E-state index contributed by atoms with van der Waals surface area (Å²) in [5.41, 5.74) is 0. The summed E-state index contributed by atoms with van der Waals surface area (Å²) in [5.74, 6) is -0.927. The van der Waals surface area contributed by atoms with Gasteiger partial charge in [0.2, 0.25) is 0 Å². The number of hydrogen-bond donors (Lipinski definition) is 1. The Labute approximate surface area is 110 Å². The van der Waals surface area contributed by atoms with Crippen molar-refractivity contribution in [2.24, 2.45) is 0 Å². The van der Waals surface area contributed by atoms with Crippen molar-refractivity contribution >= 4 is 11.8 Å². The molecule has 0 unspecified atom stereocenters. The first-order chi connectivity index (χ1) is 8.67. The summed E-state index contributed by atoms with van der Waals surface area (Å²) in [6.45, 7) is 8.96. The van der Waals surface area contributed by atoms with E-state index in [0.29, 0.717) is 32.8 Å². The topological polar surface area (TPSA) is 58.6 Å². The highest BCUT2D eigenvalue weighted by Gasteiger charge is 2.19. The molecule has 0 bridgehead atoms. The molecule has 1 N–H and O–H groups in total. The van der Waals surface area contributed by atoms with Crippen LogP contribution in [0.15, 0.2) is 0 Å². The molecule has 0 aliphatic heterocycles. The lowest BCUT2D eigenvalue weighted by atomic mass is 10.3. The zero-order chi connectivity index (χ0) is 13.8. The van der Waals surface area contributed by atoms with E-state index >= 15 is 0 Å². The molecule has 0 fully saturated rings. The molecule has 5 heteroatoms. The number of ether oxygens (including phenoxy) is 1. The molecule has 0 heterocycles. The monoisotopic (exact) mass is 258 g/mol. The van der Waals surface area contributed by atoms with E-state index in [-0.39, 0.29) is 0 Å². The number of nitrogens with zero attached hydrogens (tertiary/aromatic N) is 1. The average Bonchev–Trinajstić information content (AvgIpc) is 2.37. The van der Waals surface area contributed by atoms with Crippen molar-refractivity contribution in [2.75, 3.05) is 32.8 Å². The van der Waals surface area contributed by atoms with Gasteiger partial charge in [0.05, 0.1) is 0 Å². The third-order valence-electron chi connectivity index (χ3n) is 2.42. The van der Waals surface area contributed by atoms with E-state index < -0.39 is 11.8 Å². The van der Waals surface area contributed by atoms with E-state index in [9.17, 15) is 9.59 Å². The van der Waals surface area contributed by atoms with Gasteiger partial charge in [0.25, 0.3) is 0 Å². The predicted molar refractivity (Wildman–Crippen MR) is 71.3 cm³/mol. The Morgan fingerprint density at radius 2 is 1.72 bits per heavy atom. The molecule has 18 heavy (non-hydrogen) atoms. The molecular weight excluding hydrogens is 232 g/mol. The van der Waals surface area contributed by atoms with Gasteiger partial charge in [-0.25, -0.2) is 0 Å². The van der Waals surface area contributed by atoms with Crippen molar-refractivity contribution in [3.05, 3.63) is 0 Å². The summed E-state index contributed by atoms with van der Waals surface area (Å²) in [6, 6.07) is 0. The summed E-state index contributed by atoms with van der Waals surface area (Å²) in [4.78, 5) is 25.1. The predicted octanol–water partition coefficient (Wildman–Crippen LogP) is 1.18. The Morgan fingerprint density at radius 1 is 1.11 bits per heavy atom. The number of hydrogen-bond acceptors (Lipinski definition) is 3. The van der Waals surface area contributed by atoms with Crippen molar-refractivity contribution in [1.29, 1.82) is 0 Å². The second-order valence-corrected chi connectivity index (χ2v) is 4.10. The fraction of sp³-hybridized carbons (Fsp3) is 0.846. The molecule has 0 aromatic heterocycles. The molecule has 0 radical (unpaired) electrons. The van der Waals surface area contributed by atoms with Crippen LogP contribution in [0.1, 0.15) is 40.0 Å². The van der Waals surface area contributed by atoms with Crippen LogP contribution in [0.25, 0.3) is 0 Å². The van der Waals surface area contributed by atoms with Gasteiger partial charge >= 0.3 is 11.8 Å². The number of nitrogens with one attached hydrogen (secondary N) is 1. The Morgan fingerprint density at radius 3 is 2.22 bits per heavy atom. The number of amides is 2. The second kappa shape index (κ2) is 11.0. The van der Waals surface area contributed by atoms with Gasteiger partial charge in [0, 0.05) is 32.8 Å². The number of carbonyl (C=O) groups excluding carboxylic acids is 2. The minimum atomic E-state index is -0.506. The minimum Gasteiger partial charge on any atom is -0.382 e. The standard InChI is InChI=1S/C13H26N2O3/c1-4-9-15(10-5-2)13(17)12(16)14-8-7-11-18-6-3/h4-11H2,1-3H3,(H,14,16). The van der Waals surface area contributed by atoms with Crippen LogP contribution >= 0.6 is 0 Å². The first kappa shape index (κ1) is 16.9. The lowest BCUT2D eigenvalue weighted by Crippen LogP contribution is -2.44. The summed E-state index contributed by atoms with van der Waals surface area (Å²) in [5, 5.41) is 2.63. The molecule has 2 amide bonds. The molecule has 0 aromatic rings. The van der Waals surface area contributed by atoms with E-state index in [1.807, 2.05) is 20.8 Å². The third-order valence-corrected chi connectivity index (χ3v) is 2.42. The minimum absolute atomic E-state index is 0.421. The van der Waals surface area contributed by atoms with E-state index in [2.05, 4.69) is 5.32 Å². The molecule has 0 aromatic carbocycles. The lowest BCUT2D eigenvalue weighted by molar-refractivity contribution is -0.145.